The molecule has 0 bridgehead atoms. The molecule has 4 aromatic carbocycles. The zero-order valence-electron chi connectivity index (χ0n) is 51.1. The highest BCUT2D eigenvalue weighted by Crippen LogP contribution is 2.44. The predicted molar refractivity (Wildman–Crippen MR) is 346 cm³/mol. The van der Waals surface area contributed by atoms with Crippen LogP contribution in [0, 0.1) is 39.2 Å². The lowest BCUT2D eigenvalue weighted by Crippen LogP contribution is -2.54. The van der Waals surface area contributed by atoms with Gasteiger partial charge >= 0.3 is 0 Å². The lowest BCUT2D eigenvalue weighted by molar-refractivity contribution is -0.384. The number of benzene rings is 4. The molecule has 1 unspecified atom stereocenters. The number of fused-ring (bicyclic) bond motifs is 2. The number of imide groups is 2. The number of nitrogens with one attached hydrogen (secondary N) is 4. The van der Waals surface area contributed by atoms with Crippen molar-refractivity contribution in [3.8, 4) is 23.3 Å². The van der Waals surface area contributed by atoms with Gasteiger partial charge < -0.3 is 24.8 Å². The number of sulfonamides is 1. The number of piperazine rings is 1. The number of ether oxygens (including phenoxy) is 1. The lowest BCUT2D eigenvalue weighted by atomic mass is 9.72. The molecule has 4 fully saturated rings. The molecule has 0 radical (unpaired) electrons. The summed E-state index contributed by atoms with van der Waals surface area (Å²) in [5.41, 5.74) is 6.25. The number of hydrogen-bond donors (Lipinski definition) is 4. The molecule has 0 spiro atoms. The van der Waals surface area contributed by atoms with Crippen LogP contribution in [-0.2, 0) is 19.6 Å². The van der Waals surface area contributed by atoms with E-state index in [0.717, 1.165) is 131 Å². The number of anilines is 2. The molecule has 0 saturated carbocycles. The van der Waals surface area contributed by atoms with Crippen molar-refractivity contribution in [3.05, 3.63) is 152 Å². The molecule has 23 heteroatoms. The maximum atomic E-state index is 14.2. The summed E-state index contributed by atoms with van der Waals surface area (Å²) >= 11 is 6.28. The van der Waals surface area contributed by atoms with Crippen molar-refractivity contribution in [2.75, 3.05) is 88.8 Å². The lowest BCUT2D eigenvalue weighted by Gasteiger charge is -2.39. The van der Waals surface area contributed by atoms with Gasteiger partial charge in [-0.25, -0.2) is 18.1 Å². The highest BCUT2D eigenvalue weighted by atomic mass is 35.5. The van der Waals surface area contributed by atoms with Crippen LogP contribution in [0.1, 0.15) is 120 Å². The summed E-state index contributed by atoms with van der Waals surface area (Å²) in [6.07, 6.45) is 11.5. The molecule has 4 N–H and O–H groups in total. The second kappa shape index (κ2) is 26.8. The van der Waals surface area contributed by atoms with Crippen LogP contribution in [0.3, 0.4) is 0 Å². The molecule has 1 aliphatic carbocycles. The highest BCUT2D eigenvalue weighted by Gasteiger charge is 2.45. The number of likely N-dealkylation sites (tertiary alicyclic amines) is 2. The Kier molecular flexibility index (Phi) is 18.5. The Morgan fingerprint density at radius 1 is 0.846 bits per heavy atom. The van der Waals surface area contributed by atoms with E-state index in [4.69, 9.17) is 16.3 Å². The maximum Gasteiger partial charge on any atom is 0.293 e. The number of nitro benzene ring substituents is 1. The van der Waals surface area contributed by atoms with E-state index in [9.17, 15) is 42.5 Å². The van der Waals surface area contributed by atoms with Gasteiger partial charge in [0.15, 0.2) is 0 Å². The first kappa shape index (κ1) is 62.7. The second-order valence-electron chi connectivity index (χ2n) is 25.6. The molecule has 1 atom stereocenters. The Morgan fingerprint density at radius 3 is 2.36 bits per heavy atom. The van der Waals surface area contributed by atoms with Gasteiger partial charge in [0, 0.05) is 85.7 Å². The van der Waals surface area contributed by atoms with Crippen molar-refractivity contribution in [2.45, 2.75) is 89.0 Å². The van der Waals surface area contributed by atoms with Gasteiger partial charge in [0.2, 0.25) is 11.8 Å². The Hall–Kier alpha value is -8.46. The monoisotopic (exact) mass is 1270 g/mol. The second-order valence-corrected chi connectivity index (χ2v) is 27.7. The fraction of sp³-hybridized carbons (Fsp3) is 0.412. The van der Waals surface area contributed by atoms with E-state index in [1.807, 2.05) is 18.2 Å². The van der Waals surface area contributed by atoms with Crippen LogP contribution in [-0.4, -0.2) is 157 Å². The molecule has 91 heavy (non-hydrogen) atoms. The number of H-pyrrole nitrogens is 1. The Balaban J connectivity index is 0.619. The van der Waals surface area contributed by atoms with Gasteiger partial charge in [0.1, 0.15) is 28.9 Å². The van der Waals surface area contributed by atoms with E-state index in [1.165, 1.54) is 35.0 Å². The predicted octanol–water partition coefficient (Wildman–Crippen LogP) is 9.50. The summed E-state index contributed by atoms with van der Waals surface area (Å²) in [7, 11) is -4.63. The fourth-order valence-corrected chi connectivity index (χ4v) is 14.6. The first-order valence-corrected chi connectivity index (χ1v) is 33.2. The SMILES string of the molecule is CC1(C)CCC(CN2CCN(c3ccc(C(=O)NS(=O)(=O)c4ccc(NCC5CCN(CCC6CCN(CC#Cc7cccc8c7C(=O)N(C7CCC(=O)NC7=O)C8=O)CC6)CC5)c([N+](=O)[O-])c4)c(Oc4cnc5[nH]ccc5c4)c3)CC2)=C(c2ccc(Cl)cc2)C1. The molecule has 12 rings (SSSR count). The molecular formula is C68H74ClN11O10S. The Bertz CT molecular complexity index is 4040. The smallest absolute Gasteiger partial charge is 0.293 e. The van der Waals surface area contributed by atoms with Gasteiger partial charge in [-0.15, -0.1) is 0 Å². The quantitative estimate of drug-likeness (QED) is 0.0270. The summed E-state index contributed by atoms with van der Waals surface area (Å²) in [5, 5.41) is 19.5. The van der Waals surface area contributed by atoms with Crippen molar-refractivity contribution in [3.63, 3.8) is 0 Å². The van der Waals surface area contributed by atoms with Gasteiger partial charge in [0.05, 0.1) is 39.3 Å². The van der Waals surface area contributed by atoms with Crippen molar-refractivity contribution < 1.29 is 42.1 Å². The molecule has 6 aromatic rings. The van der Waals surface area contributed by atoms with Crippen molar-refractivity contribution >= 4 is 84.8 Å². The zero-order chi connectivity index (χ0) is 63.6. The van der Waals surface area contributed by atoms with E-state index in [0.29, 0.717) is 49.1 Å². The number of amides is 5. The third-order valence-corrected chi connectivity index (χ3v) is 20.5. The average Bonchev–Trinajstić information content (AvgIpc) is 1.65. The van der Waals surface area contributed by atoms with Crippen molar-refractivity contribution in [1.82, 2.24) is 39.6 Å². The Labute approximate surface area is 534 Å². The fourth-order valence-electron chi connectivity index (χ4n) is 13.5. The first-order valence-electron chi connectivity index (χ1n) is 31.4. The van der Waals surface area contributed by atoms with Crippen LogP contribution in [0.4, 0.5) is 17.1 Å². The minimum atomic E-state index is -4.63. The Morgan fingerprint density at radius 2 is 1.60 bits per heavy atom. The molecule has 7 heterocycles. The van der Waals surface area contributed by atoms with Crippen LogP contribution in [0.25, 0.3) is 16.6 Å². The van der Waals surface area contributed by atoms with E-state index in [2.05, 4.69) is 82.7 Å². The molecular weight excluding hydrogens is 1200 g/mol. The largest absolute Gasteiger partial charge is 0.455 e. The third-order valence-electron chi connectivity index (χ3n) is 18.9. The molecule has 5 aliphatic heterocycles. The van der Waals surface area contributed by atoms with Crippen molar-refractivity contribution in [2.24, 2.45) is 17.3 Å². The van der Waals surface area contributed by atoms with Crippen LogP contribution >= 0.6 is 11.6 Å². The standard InChI is InChI=1S/C68H74ClN11O10S/c1-68(2)25-18-49(56(40-68)46-8-10-50(69)11-9-46)43-77-33-35-78(36-34-77)51-12-14-54(60(38-51)90-52-37-48-19-26-70-63(48)72-42-52)64(82)74-91(88,89)53-13-15-57(59(39-53)80(86)87)71-41-45-23-31-76(32-24-45)30-22-44-20-28-75(29-21-44)27-4-6-47-5-3-7-55-62(47)67(85)79(66(55)84)58-16-17-61(81)73-65(58)83/h3,5,7-15,19,26,37-39,42,44-45,58,71H,16-18,20-25,27-36,40-41,43H2,1-2H3,(H,70,72)(H,74,82)(H,73,81,83). The first-order chi connectivity index (χ1) is 43.8. The minimum absolute atomic E-state index is 0.0478. The van der Waals surface area contributed by atoms with Crippen LogP contribution < -0.4 is 25.0 Å². The van der Waals surface area contributed by atoms with Crippen LogP contribution in [0.2, 0.25) is 5.02 Å². The third kappa shape index (κ3) is 14.4. The molecule has 21 nitrogen and oxygen atoms in total. The number of allylic oxidation sites excluding steroid dienone is 1. The number of carbonyl (C=O) groups excluding carboxylic acids is 5. The number of nitrogens with zero attached hydrogens (tertiary/aromatic N) is 7. The number of hydrogen-bond acceptors (Lipinski definition) is 16. The number of aromatic nitrogens is 2. The van der Waals surface area contributed by atoms with Gasteiger partial charge in [-0.1, -0.05) is 61.1 Å². The van der Waals surface area contributed by atoms with E-state index >= 15 is 0 Å². The maximum absolute atomic E-state index is 14.2. The van der Waals surface area contributed by atoms with Gasteiger partial charge in [-0.05, 0) is 180 Å². The molecule has 5 amide bonds. The van der Waals surface area contributed by atoms with E-state index < -0.39 is 61.1 Å². The zero-order valence-corrected chi connectivity index (χ0v) is 52.7. The number of pyridine rings is 1. The van der Waals surface area contributed by atoms with Gasteiger partial charge in [-0.2, -0.15) is 0 Å². The molecule has 2 aromatic heterocycles. The minimum Gasteiger partial charge on any atom is -0.455 e. The summed E-state index contributed by atoms with van der Waals surface area (Å²) < 4.78 is 36.6. The molecule has 474 valence electrons. The number of rotatable bonds is 18. The van der Waals surface area contributed by atoms with E-state index in [-0.39, 0.29) is 52.3 Å². The summed E-state index contributed by atoms with van der Waals surface area (Å²) in [4.78, 5) is 94.6. The molecule has 4 saturated heterocycles. The number of aromatic amines is 1. The van der Waals surface area contributed by atoms with Crippen molar-refractivity contribution in [1.29, 1.82) is 0 Å². The highest BCUT2D eigenvalue weighted by molar-refractivity contribution is 7.90. The topological polar surface area (TPSA) is 253 Å². The normalized spacial score (nSPS) is 19.7. The summed E-state index contributed by atoms with van der Waals surface area (Å²) in [5.74, 6) is 4.38. The van der Waals surface area contributed by atoms with Gasteiger partial charge in [0.25, 0.3) is 33.4 Å². The summed E-state index contributed by atoms with van der Waals surface area (Å²) in [6, 6.07) is 24.4. The van der Waals surface area contributed by atoms with Gasteiger partial charge in [-0.3, -0.25) is 54.1 Å². The number of halogens is 1. The number of piperidine rings is 3. The van der Waals surface area contributed by atoms with E-state index in [1.54, 1.807) is 48.7 Å². The molecule has 6 aliphatic rings. The summed E-state index contributed by atoms with van der Waals surface area (Å²) in [6.45, 7) is 14.0. The average molecular weight is 1270 g/mol. The van der Waals surface area contributed by atoms with Crippen LogP contribution in [0.5, 0.6) is 11.5 Å². The van der Waals surface area contributed by atoms with Crippen LogP contribution in [0.15, 0.2) is 114 Å². The number of carbonyl (C=O) groups is 5. The number of nitro groups is 1.